The summed E-state index contributed by atoms with van der Waals surface area (Å²) in [6, 6.07) is 23.3. The van der Waals surface area contributed by atoms with E-state index in [2.05, 4.69) is 16.0 Å². The van der Waals surface area contributed by atoms with Gasteiger partial charge in [-0.15, -0.1) is 0 Å². The van der Waals surface area contributed by atoms with Crippen molar-refractivity contribution in [3.63, 3.8) is 0 Å². The highest BCUT2D eigenvalue weighted by Gasteiger charge is 2.06. The molecule has 1 amide bonds. The van der Waals surface area contributed by atoms with Crippen molar-refractivity contribution in [2.45, 2.75) is 24.3 Å². The van der Waals surface area contributed by atoms with Crippen LogP contribution in [-0.4, -0.2) is 34.0 Å². The van der Waals surface area contributed by atoms with Gasteiger partial charge in [0.05, 0.1) is 11.4 Å². The molecule has 0 spiro atoms. The third-order valence-corrected chi connectivity index (χ3v) is 5.87. The summed E-state index contributed by atoms with van der Waals surface area (Å²) < 4.78 is 28.3. The highest BCUT2D eigenvalue weighted by Crippen LogP contribution is 2.22. The van der Waals surface area contributed by atoms with E-state index in [0.717, 1.165) is 37.2 Å². The summed E-state index contributed by atoms with van der Waals surface area (Å²) in [5.41, 5.74) is 1.70. The number of hydrogen-bond donors (Lipinski definition) is 4. The predicted molar refractivity (Wildman–Crippen MR) is 133 cm³/mol. The fraction of sp³-hybridized carbons (Fsp3) is 0.240. The number of nitrogens with two attached hydrogens (primary N) is 1. The van der Waals surface area contributed by atoms with Crippen LogP contribution in [-0.2, 0) is 21.4 Å². The van der Waals surface area contributed by atoms with Gasteiger partial charge >= 0.3 is 0 Å². The fourth-order valence-corrected chi connectivity index (χ4v) is 3.68. The molecule has 0 aliphatic carbocycles. The molecule has 3 aromatic carbocycles. The molecule has 180 valence electrons. The monoisotopic (exact) mass is 482 g/mol. The van der Waals surface area contributed by atoms with E-state index in [1.807, 2.05) is 54.6 Å². The summed E-state index contributed by atoms with van der Waals surface area (Å²) in [6.07, 6.45) is 1.88. The molecule has 0 fully saturated rings. The highest BCUT2D eigenvalue weighted by atomic mass is 32.2. The van der Waals surface area contributed by atoms with E-state index in [1.54, 1.807) is 12.1 Å². The SMILES string of the molecule is NS(=O)(=O)c1ccc(CNCCCCNCC(=O)Nc2ccc(Oc3ccccc3)cc2)cc1. The number of hydrogen-bond acceptors (Lipinski definition) is 6. The number of benzene rings is 3. The molecule has 0 aromatic heterocycles. The van der Waals surface area contributed by atoms with Crippen molar-refractivity contribution in [2.75, 3.05) is 25.0 Å². The standard InChI is InChI=1S/C25H30N4O4S/c26-34(31,32)24-14-8-20(9-15-24)18-27-16-4-5-17-28-19-25(30)29-21-10-12-23(13-11-21)33-22-6-2-1-3-7-22/h1-3,6-15,27-28H,4-5,16-19H2,(H,29,30)(H2,26,31,32). The van der Waals surface area contributed by atoms with Crippen molar-refractivity contribution in [3.05, 3.63) is 84.4 Å². The lowest BCUT2D eigenvalue weighted by atomic mass is 10.2. The molecule has 0 atom stereocenters. The Morgan fingerprint density at radius 3 is 2.06 bits per heavy atom. The van der Waals surface area contributed by atoms with Crippen LogP contribution in [0.1, 0.15) is 18.4 Å². The van der Waals surface area contributed by atoms with E-state index in [-0.39, 0.29) is 17.3 Å². The average Bonchev–Trinajstić information content (AvgIpc) is 2.82. The van der Waals surface area contributed by atoms with Crippen molar-refractivity contribution in [3.8, 4) is 11.5 Å². The minimum atomic E-state index is -3.66. The van der Waals surface area contributed by atoms with Crippen LogP contribution in [0.15, 0.2) is 83.8 Å². The van der Waals surface area contributed by atoms with Crippen LogP contribution in [0.3, 0.4) is 0 Å². The van der Waals surface area contributed by atoms with Gasteiger partial charge in [-0.2, -0.15) is 0 Å². The van der Waals surface area contributed by atoms with Crippen molar-refractivity contribution in [1.82, 2.24) is 10.6 Å². The molecule has 0 bridgehead atoms. The number of carbonyl (C=O) groups excluding carboxylic acids is 1. The second kappa shape index (κ2) is 12.9. The Morgan fingerprint density at radius 2 is 1.41 bits per heavy atom. The maximum absolute atomic E-state index is 12.1. The van der Waals surface area contributed by atoms with E-state index in [4.69, 9.17) is 9.88 Å². The normalized spacial score (nSPS) is 11.2. The first-order valence-electron chi connectivity index (χ1n) is 11.1. The van der Waals surface area contributed by atoms with Gasteiger partial charge in [-0.05, 0) is 80.0 Å². The minimum Gasteiger partial charge on any atom is -0.457 e. The van der Waals surface area contributed by atoms with Gasteiger partial charge in [0.25, 0.3) is 0 Å². The molecule has 0 heterocycles. The van der Waals surface area contributed by atoms with Crippen LogP contribution in [0.4, 0.5) is 5.69 Å². The Bertz CT molecular complexity index is 1140. The summed E-state index contributed by atoms with van der Waals surface area (Å²) in [5, 5.41) is 14.4. The predicted octanol–water partition coefficient (Wildman–Crippen LogP) is 3.22. The van der Waals surface area contributed by atoms with Gasteiger partial charge in [0.15, 0.2) is 0 Å². The minimum absolute atomic E-state index is 0.0993. The molecule has 8 nitrogen and oxygen atoms in total. The molecular weight excluding hydrogens is 452 g/mol. The van der Waals surface area contributed by atoms with Gasteiger partial charge in [0.1, 0.15) is 11.5 Å². The van der Waals surface area contributed by atoms with Crippen LogP contribution in [0.5, 0.6) is 11.5 Å². The fourth-order valence-electron chi connectivity index (χ4n) is 3.17. The topological polar surface area (TPSA) is 123 Å². The second-order valence-corrected chi connectivity index (χ2v) is 9.30. The molecule has 0 aliphatic heterocycles. The Kier molecular flexibility index (Phi) is 9.60. The van der Waals surface area contributed by atoms with Crippen molar-refractivity contribution < 1.29 is 17.9 Å². The molecule has 0 aliphatic rings. The van der Waals surface area contributed by atoms with Gasteiger partial charge in [0, 0.05) is 12.2 Å². The summed E-state index contributed by atoms with van der Waals surface area (Å²) >= 11 is 0. The lowest BCUT2D eigenvalue weighted by Gasteiger charge is -2.09. The molecule has 0 radical (unpaired) electrons. The maximum atomic E-state index is 12.1. The average molecular weight is 483 g/mol. The number of rotatable bonds is 13. The molecule has 9 heteroatoms. The highest BCUT2D eigenvalue weighted by molar-refractivity contribution is 7.89. The van der Waals surface area contributed by atoms with Crippen molar-refractivity contribution in [2.24, 2.45) is 5.14 Å². The van der Waals surface area contributed by atoms with Crippen LogP contribution in [0.25, 0.3) is 0 Å². The number of primary sulfonamides is 1. The van der Waals surface area contributed by atoms with E-state index in [1.165, 1.54) is 12.1 Å². The van der Waals surface area contributed by atoms with E-state index in [0.29, 0.717) is 18.0 Å². The van der Waals surface area contributed by atoms with Crippen molar-refractivity contribution in [1.29, 1.82) is 0 Å². The maximum Gasteiger partial charge on any atom is 0.238 e. The third-order valence-electron chi connectivity index (χ3n) is 4.94. The van der Waals surface area contributed by atoms with Crippen molar-refractivity contribution >= 4 is 21.6 Å². The third kappa shape index (κ3) is 8.95. The van der Waals surface area contributed by atoms with Crippen LogP contribution < -0.4 is 25.8 Å². The summed E-state index contributed by atoms with van der Waals surface area (Å²) in [6.45, 7) is 2.45. The summed E-state index contributed by atoms with van der Waals surface area (Å²) in [7, 11) is -3.66. The Hall–Kier alpha value is -3.24. The molecule has 3 aromatic rings. The zero-order chi connectivity index (χ0) is 24.2. The Morgan fingerprint density at radius 1 is 0.794 bits per heavy atom. The van der Waals surface area contributed by atoms with E-state index in [9.17, 15) is 13.2 Å². The van der Waals surface area contributed by atoms with Gasteiger partial charge in [-0.1, -0.05) is 30.3 Å². The van der Waals surface area contributed by atoms with Crippen LogP contribution in [0.2, 0.25) is 0 Å². The lowest BCUT2D eigenvalue weighted by molar-refractivity contribution is -0.115. The number of sulfonamides is 1. The quantitative estimate of drug-likeness (QED) is 0.278. The smallest absolute Gasteiger partial charge is 0.238 e. The molecule has 0 saturated heterocycles. The molecule has 34 heavy (non-hydrogen) atoms. The zero-order valence-corrected chi connectivity index (χ0v) is 19.7. The van der Waals surface area contributed by atoms with Gasteiger partial charge < -0.3 is 20.7 Å². The van der Waals surface area contributed by atoms with Crippen LogP contribution >= 0.6 is 0 Å². The summed E-state index contributed by atoms with van der Waals surface area (Å²) in [4.78, 5) is 12.2. The number of unbranched alkanes of at least 4 members (excludes halogenated alkanes) is 1. The zero-order valence-electron chi connectivity index (χ0n) is 18.9. The number of carbonyl (C=O) groups is 1. The first-order chi connectivity index (χ1) is 16.4. The first-order valence-corrected chi connectivity index (χ1v) is 12.6. The lowest BCUT2D eigenvalue weighted by Crippen LogP contribution is -2.29. The number of amides is 1. The number of ether oxygens (including phenoxy) is 1. The Labute approximate surface area is 200 Å². The van der Waals surface area contributed by atoms with Gasteiger partial charge in [-0.3, -0.25) is 4.79 Å². The molecule has 5 N–H and O–H groups in total. The van der Waals surface area contributed by atoms with E-state index < -0.39 is 10.0 Å². The number of nitrogens with one attached hydrogen (secondary N) is 3. The molecule has 0 unspecified atom stereocenters. The van der Waals surface area contributed by atoms with Gasteiger partial charge in [0.2, 0.25) is 15.9 Å². The summed E-state index contributed by atoms with van der Waals surface area (Å²) in [5.74, 6) is 1.37. The van der Waals surface area contributed by atoms with Crippen LogP contribution in [0, 0.1) is 0 Å². The second-order valence-electron chi connectivity index (χ2n) is 7.74. The number of para-hydroxylation sites is 1. The molecular formula is C25H30N4O4S. The Balaban J connectivity index is 1.24. The number of anilines is 1. The van der Waals surface area contributed by atoms with E-state index >= 15 is 0 Å². The largest absolute Gasteiger partial charge is 0.457 e. The first kappa shape index (κ1) is 25.4. The molecule has 3 rings (SSSR count). The molecule has 0 saturated carbocycles. The van der Waals surface area contributed by atoms with Gasteiger partial charge in [-0.25, -0.2) is 13.6 Å².